The summed E-state index contributed by atoms with van der Waals surface area (Å²) in [6, 6.07) is -0.478. The number of rotatable bonds is 12. The zero-order chi connectivity index (χ0) is 25.9. The lowest BCUT2D eigenvalue weighted by Crippen LogP contribution is -2.57. The maximum absolute atomic E-state index is 14.4. The highest BCUT2D eigenvalue weighted by atomic mass is 79.9. The Morgan fingerprint density at radius 2 is 1.97 bits per heavy atom. The van der Waals surface area contributed by atoms with Gasteiger partial charge >= 0.3 is 5.97 Å². The highest BCUT2D eigenvalue weighted by Crippen LogP contribution is 2.68. The van der Waals surface area contributed by atoms with Crippen molar-refractivity contribution in [3.8, 4) is 0 Å². The number of aliphatic hydroxyl groups is 1. The standard InChI is InChI=1S/C27H39BrN2O5S/c1-3-5-16-35-26(34)20-21-24(32)30(14-9-10-15-31)23(27(21)17-19(28)22(20)36-27)25(33)29(13-4-2)18-11-7-6-8-12-18/h3-4,18-23,31H,1-2,5-17H2/t19?,20-,21-,22-,23?,27?/m0/s1. The number of nitrogens with zero attached hydrogens (tertiary/aromatic N) is 2. The van der Waals surface area contributed by atoms with Gasteiger partial charge in [-0.25, -0.2) is 0 Å². The number of unbranched alkanes of at least 4 members (excludes halogenated alkanes) is 1. The molecule has 0 aromatic carbocycles. The zero-order valence-corrected chi connectivity index (χ0v) is 23.4. The smallest absolute Gasteiger partial charge is 0.310 e. The molecule has 1 saturated carbocycles. The Labute approximate surface area is 227 Å². The van der Waals surface area contributed by atoms with E-state index < -0.39 is 22.6 Å². The summed E-state index contributed by atoms with van der Waals surface area (Å²) in [5.74, 6) is -1.63. The van der Waals surface area contributed by atoms with Crippen LogP contribution in [-0.2, 0) is 19.1 Å². The first kappa shape index (κ1) is 27.7. The van der Waals surface area contributed by atoms with Gasteiger partial charge in [0, 0.05) is 35.8 Å². The minimum Gasteiger partial charge on any atom is -0.465 e. The maximum Gasteiger partial charge on any atom is 0.310 e. The molecule has 6 atom stereocenters. The Kier molecular flexibility index (Phi) is 9.26. The van der Waals surface area contributed by atoms with Crippen LogP contribution in [-0.4, -0.2) is 85.9 Å². The van der Waals surface area contributed by atoms with Gasteiger partial charge < -0.3 is 19.6 Å². The molecule has 4 fully saturated rings. The summed E-state index contributed by atoms with van der Waals surface area (Å²) in [5, 5.41) is 9.25. The van der Waals surface area contributed by atoms with Crippen LogP contribution in [0.3, 0.4) is 0 Å². The second kappa shape index (κ2) is 12.0. The fourth-order valence-electron chi connectivity index (χ4n) is 6.76. The molecule has 1 aliphatic carbocycles. The molecule has 200 valence electrons. The monoisotopic (exact) mass is 582 g/mol. The first-order valence-corrected chi connectivity index (χ1v) is 15.1. The van der Waals surface area contributed by atoms with E-state index in [1.165, 1.54) is 6.42 Å². The fraction of sp³-hybridized carbons (Fsp3) is 0.741. The summed E-state index contributed by atoms with van der Waals surface area (Å²) in [6.07, 6.45) is 11.2. The van der Waals surface area contributed by atoms with Crippen LogP contribution in [0.4, 0.5) is 0 Å². The van der Waals surface area contributed by atoms with Crippen LogP contribution in [0.15, 0.2) is 25.3 Å². The number of likely N-dealkylation sites (tertiary alicyclic amines) is 1. The second-order valence-corrected chi connectivity index (χ2v) is 13.2. The number of carbonyl (C=O) groups is 3. The van der Waals surface area contributed by atoms with E-state index in [9.17, 15) is 19.5 Å². The summed E-state index contributed by atoms with van der Waals surface area (Å²) >= 11 is 5.44. The molecular formula is C27H39BrN2O5S. The molecule has 0 radical (unpaired) electrons. The number of hydrogen-bond acceptors (Lipinski definition) is 6. The molecule has 3 saturated heterocycles. The predicted molar refractivity (Wildman–Crippen MR) is 145 cm³/mol. The van der Waals surface area contributed by atoms with Crippen molar-refractivity contribution in [2.75, 3.05) is 26.3 Å². The van der Waals surface area contributed by atoms with Crippen molar-refractivity contribution in [2.45, 2.75) is 84.7 Å². The molecule has 1 spiro atoms. The van der Waals surface area contributed by atoms with Crippen LogP contribution in [0.1, 0.15) is 57.8 Å². The molecule has 3 unspecified atom stereocenters. The third-order valence-electron chi connectivity index (χ3n) is 8.29. The van der Waals surface area contributed by atoms with Crippen LogP contribution in [0.2, 0.25) is 0 Å². The predicted octanol–water partition coefficient (Wildman–Crippen LogP) is 3.69. The molecule has 4 rings (SSSR count). The van der Waals surface area contributed by atoms with E-state index in [1.807, 2.05) is 4.90 Å². The third kappa shape index (κ3) is 4.92. The van der Waals surface area contributed by atoms with Crippen molar-refractivity contribution < 1.29 is 24.2 Å². The molecule has 3 aliphatic heterocycles. The minimum atomic E-state index is -0.664. The third-order valence-corrected chi connectivity index (χ3v) is 11.5. The van der Waals surface area contributed by atoms with Gasteiger partial charge in [-0.2, -0.15) is 0 Å². The SMILES string of the molecule is C=CCCOC(=O)[C@H]1[C@H]2C(=O)N(CCCCO)C(C(=O)N(CC=C)C3CCCCC3)C23CC(Br)[C@@H]1S3. The fourth-order valence-corrected chi connectivity index (χ4v) is 10.4. The average molecular weight is 584 g/mol. The lowest BCUT2D eigenvalue weighted by molar-refractivity contribution is -0.154. The average Bonchev–Trinajstić information content (AvgIpc) is 3.46. The molecular weight excluding hydrogens is 544 g/mol. The molecule has 36 heavy (non-hydrogen) atoms. The van der Waals surface area contributed by atoms with Crippen LogP contribution in [0.25, 0.3) is 0 Å². The molecule has 2 bridgehead atoms. The first-order valence-electron chi connectivity index (χ1n) is 13.3. The van der Waals surface area contributed by atoms with Gasteiger partial charge in [-0.3, -0.25) is 14.4 Å². The lowest BCUT2D eigenvalue weighted by Gasteiger charge is -2.41. The van der Waals surface area contributed by atoms with Crippen molar-refractivity contribution in [1.29, 1.82) is 0 Å². The van der Waals surface area contributed by atoms with E-state index in [2.05, 4.69) is 29.1 Å². The van der Waals surface area contributed by atoms with Gasteiger partial charge in [0.15, 0.2) is 0 Å². The topological polar surface area (TPSA) is 87.1 Å². The van der Waals surface area contributed by atoms with E-state index in [-0.39, 0.29) is 47.1 Å². The van der Waals surface area contributed by atoms with E-state index in [0.717, 1.165) is 25.7 Å². The number of carbonyl (C=O) groups excluding carboxylic acids is 3. The van der Waals surface area contributed by atoms with Crippen molar-refractivity contribution in [1.82, 2.24) is 9.80 Å². The number of thioether (sulfide) groups is 1. The van der Waals surface area contributed by atoms with Gasteiger partial charge in [0.05, 0.1) is 23.2 Å². The molecule has 2 amide bonds. The number of fused-ring (bicyclic) bond motifs is 1. The Balaban J connectivity index is 1.69. The minimum absolute atomic E-state index is 0.0184. The van der Waals surface area contributed by atoms with Crippen molar-refractivity contribution in [2.24, 2.45) is 11.8 Å². The summed E-state index contributed by atoms with van der Waals surface area (Å²) < 4.78 is 4.91. The molecule has 9 heteroatoms. The number of aliphatic hydroxyl groups excluding tert-OH is 1. The van der Waals surface area contributed by atoms with Crippen molar-refractivity contribution >= 4 is 45.5 Å². The highest BCUT2D eigenvalue weighted by Gasteiger charge is 2.76. The Bertz CT molecular complexity index is 865. The molecule has 3 heterocycles. The summed E-state index contributed by atoms with van der Waals surface area (Å²) in [6.45, 7) is 8.74. The van der Waals surface area contributed by atoms with Gasteiger partial charge in [0.25, 0.3) is 0 Å². The number of esters is 1. The first-order chi connectivity index (χ1) is 17.4. The Morgan fingerprint density at radius 3 is 2.64 bits per heavy atom. The summed E-state index contributed by atoms with van der Waals surface area (Å²) in [5.41, 5.74) is 0. The van der Waals surface area contributed by atoms with Crippen LogP contribution in [0.5, 0.6) is 0 Å². The van der Waals surface area contributed by atoms with E-state index >= 15 is 0 Å². The number of amides is 2. The second-order valence-electron chi connectivity index (χ2n) is 10.4. The molecule has 4 aliphatic rings. The molecule has 0 aromatic rings. The van der Waals surface area contributed by atoms with E-state index in [0.29, 0.717) is 38.8 Å². The van der Waals surface area contributed by atoms with Gasteiger partial charge in [0.2, 0.25) is 11.8 Å². The number of halogens is 1. The van der Waals surface area contributed by atoms with E-state index in [1.54, 1.807) is 28.8 Å². The zero-order valence-electron chi connectivity index (χ0n) is 21.0. The quantitative estimate of drug-likeness (QED) is 0.163. The van der Waals surface area contributed by atoms with Gasteiger partial charge in [-0.1, -0.05) is 47.3 Å². The van der Waals surface area contributed by atoms with Crippen LogP contribution in [0, 0.1) is 11.8 Å². The number of ether oxygens (including phenoxy) is 1. The van der Waals surface area contributed by atoms with Crippen LogP contribution >= 0.6 is 27.7 Å². The molecule has 7 nitrogen and oxygen atoms in total. The van der Waals surface area contributed by atoms with Gasteiger partial charge in [0.1, 0.15) is 6.04 Å². The lowest BCUT2D eigenvalue weighted by atomic mass is 9.71. The Hall–Kier alpha value is -1.32. The maximum atomic E-state index is 14.4. The molecule has 0 aromatic heterocycles. The highest BCUT2D eigenvalue weighted by molar-refractivity contribution is 9.09. The van der Waals surface area contributed by atoms with Gasteiger partial charge in [-0.05, 0) is 38.5 Å². The Morgan fingerprint density at radius 1 is 1.22 bits per heavy atom. The number of hydrogen-bond donors (Lipinski definition) is 1. The summed E-state index contributed by atoms with van der Waals surface area (Å²) in [4.78, 5) is 45.4. The summed E-state index contributed by atoms with van der Waals surface area (Å²) in [7, 11) is 0. The van der Waals surface area contributed by atoms with Gasteiger partial charge in [-0.15, -0.1) is 24.9 Å². The van der Waals surface area contributed by atoms with Crippen LogP contribution < -0.4 is 0 Å². The number of alkyl halides is 1. The van der Waals surface area contributed by atoms with E-state index in [4.69, 9.17) is 4.74 Å². The van der Waals surface area contributed by atoms with Crippen molar-refractivity contribution in [3.63, 3.8) is 0 Å². The van der Waals surface area contributed by atoms with Crippen molar-refractivity contribution in [3.05, 3.63) is 25.3 Å². The normalized spacial score (nSPS) is 33.4. The largest absolute Gasteiger partial charge is 0.465 e. The molecule has 1 N–H and O–H groups in total.